The van der Waals surface area contributed by atoms with Crippen molar-refractivity contribution in [3.63, 3.8) is 0 Å². The molecule has 22 heavy (non-hydrogen) atoms. The van der Waals surface area contributed by atoms with E-state index in [1.165, 1.54) is 13.2 Å². The van der Waals surface area contributed by atoms with E-state index in [0.29, 0.717) is 0 Å². The summed E-state index contributed by atoms with van der Waals surface area (Å²) in [4.78, 5) is 25.0. The second kappa shape index (κ2) is 6.98. The zero-order chi connectivity index (χ0) is 17.0. The van der Waals surface area contributed by atoms with Crippen LogP contribution in [-0.4, -0.2) is 62.0 Å². The minimum Gasteiger partial charge on any atom is -0.467 e. The van der Waals surface area contributed by atoms with E-state index in [0.717, 1.165) is 4.90 Å². The molecule has 0 aromatic carbocycles. The largest absolute Gasteiger partial charge is 0.467 e. The summed E-state index contributed by atoms with van der Waals surface area (Å²) < 4.78 is 9.65. The fourth-order valence-electron chi connectivity index (χ4n) is 2.03. The third kappa shape index (κ3) is 4.89. The van der Waals surface area contributed by atoms with Gasteiger partial charge in [0.25, 0.3) is 0 Å². The van der Waals surface area contributed by atoms with Crippen LogP contribution in [0.25, 0.3) is 0 Å². The monoisotopic (exact) mass is 325 g/mol. The molecule has 1 amide bonds. The Hall–Kier alpha value is -1.78. The Morgan fingerprint density at radius 3 is 2.64 bits per heavy atom. The molecule has 0 aliphatic carbocycles. The maximum atomic E-state index is 12.0. The van der Waals surface area contributed by atoms with Gasteiger partial charge in [0.1, 0.15) is 26.3 Å². The molecule has 1 aliphatic rings. The van der Waals surface area contributed by atoms with Crippen molar-refractivity contribution in [1.82, 2.24) is 4.90 Å². The zero-order valence-electron chi connectivity index (χ0n) is 13.5. The molecule has 1 fully saturated rings. The molecule has 0 aromatic heterocycles. The molecule has 2 atom stereocenters. The minimum atomic E-state index is -1.68. The van der Waals surface area contributed by atoms with Crippen molar-refractivity contribution in [2.24, 2.45) is 0 Å². The molecule has 122 valence electrons. The fraction of sp³-hybridized carbons (Fsp3) is 0.600. The molecule has 0 radical (unpaired) electrons. The highest BCUT2D eigenvalue weighted by Gasteiger charge is 2.48. The first kappa shape index (κ1) is 18.3. The van der Waals surface area contributed by atoms with Crippen molar-refractivity contribution in [2.75, 3.05) is 20.3 Å². The number of carbonyl (C=O) groups excluding carboxylic acids is 2. The van der Waals surface area contributed by atoms with Crippen LogP contribution < -0.4 is 0 Å². The number of esters is 1. The highest BCUT2D eigenvalue weighted by atomic mass is 28.3. The lowest BCUT2D eigenvalue weighted by Gasteiger charge is -2.21. The van der Waals surface area contributed by atoms with Crippen LogP contribution in [0.15, 0.2) is 12.7 Å². The Morgan fingerprint density at radius 1 is 1.50 bits per heavy atom. The average molecular weight is 325 g/mol. The second-order valence-electron chi connectivity index (χ2n) is 6.27. The van der Waals surface area contributed by atoms with Gasteiger partial charge in [-0.15, -0.1) is 5.54 Å². The quantitative estimate of drug-likeness (QED) is 0.365. The molecule has 0 spiro atoms. The lowest BCUT2D eigenvalue weighted by molar-refractivity contribution is -0.145. The number of carbonyl (C=O) groups is 2. The van der Waals surface area contributed by atoms with Crippen LogP contribution in [0.3, 0.4) is 0 Å². The summed E-state index contributed by atoms with van der Waals surface area (Å²) in [5, 5.41) is 10.6. The van der Waals surface area contributed by atoms with Crippen LogP contribution in [0.1, 0.15) is 6.42 Å². The molecule has 1 heterocycles. The van der Waals surface area contributed by atoms with E-state index in [2.05, 4.69) is 18.0 Å². The molecule has 1 saturated heterocycles. The summed E-state index contributed by atoms with van der Waals surface area (Å²) in [7, 11) is -0.448. The molecule has 2 unspecified atom stereocenters. The van der Waals surface area contributed by atoms with Crippen molar-refractivity contribution in [1.29, 1.82) is 0 Å². The first-order valence-electron chi connectivity index (χ1n) is 7.01. The van der Waals surface area contributed by atoms with Gasteiger partial charge in [-0.25, -0.2) is 9.59 Å². The van der Waals surface area contributed by atoms with Crippen molar-refractivity contribution in [3.8, 4) is 11.5 Å². The molecule has 7 heteroatoms. The Balaban J connectivity index is 2.99. The minimum absolute atomic E-state index is 0.0142. The topological polar surface area (TPSA) is 76.1 Å². The fourth-order valence-corrected chi connectivity index (χ4v) is 2.64. The molecule has 1 aliphatic heterocycles. The van der Waals surface area contributed by atoms with Crippen molar-refractivity contribution < 1.29 is 24.2 Å². The van der Waals surface area contributed by atoms with E-state index in [9.17, 15) is 14.7 Å². The van der Waals surface area contributed by atoms with Gasteiger partial charge in [0.15, 0.2) is 0 Å². The molecule has 6 nitrogen and oxygen atoms in total. The molecular formula is C15H23NO5Si. The van der Waals surface area contributed by atoms with E-state index in [-0.39, 0.29) is 19.6 Å². The number of likely N-dealkylation sites (tertiary alicyclic amines) is 1. The molecule has 0 bridgehead atoms. The van der Waals surface area contributed by atoms with Crippen LogP contribution in [0.5, 0.6) is 0 Å². The van der Waals surface area contributed by atoms with Gasteiger partial charge in [0.05, 0.1) is 13.7 Å². The van der Waals surface area contributed by atoms with Crippen molar-refractivity contribution in [2.45, 2.75) is 37.7 Å². The molecule has 0 saturated carbocycles. The van der Waals surface area contributed by atoms with E-state index in [1.54, 1.807) is 0 Å². The first-order valence-corrected chi connectivity index (χ1v) is 10.5. The summed E-state index contributed by atoms with van der Waals surface area (Å²) in [6.45, 7) is 9.55. The van der Waals surface area contributed by atoms with Gasteiger partial charge < -0.3 is 14.6 Å². The number of ether oxygens (including phenoxy) is 2. The van der Waals surface area contributed by atoms with Crippen molar-refractivity contribution in [3.05, 3.63) is 12.7 Å². The smallest absolute Gasteiger partial charge is 0.410 e. The molecule has 0 aromatic rings. The summed E-state index contributed by atoms with van der Waals surface area (Å²) in [6, 6.07) is -0.900. The van der Waals surface area contributed by atoms with Gasteiger partial charge in [-0.2, -0.15) is 0 Å². The Kier molecular flexibility index (Phi) is 5.80. The number of β-amino-alcohol motifs (C(OH)–C–C–N with tert-alkyl or cyclic N) is 1. The van der Waals surface area contributed by atoms with Crippen LogP contribution in [0.2, 0.25) is 19.6 Å². The summed E-state index contributed by atoms with van der Waals surface area (Å²) in [6.07, 6.45) is 0.750. The maximum Gasteiger partial charge on any atom is 0.410 e. The highest BCUT2D eigenvalue weighted by Crippen LogP contribution is 2.28. The number of rotatable bonds is 3. The number of aliphatic hydroxyl groups is 1. The van der Waals surface area contributed by atoms with Gasteiger partial charge >= 0.3 is 12.1 Å². The Bertz CT molecular complexity index is 516. The maximum absolute atomic E-state index is 12.0. The van der Waals surface area contributed by atoms with E-state index < -0.39 is 31.8 Å². The molecular weight excluding hydrogens is 302 g/mol. The van der Waals surface area contributed by atoms with Gasteiger partial charge in [0.2, 0.25) is 0 Å². The lowest BCUT2D eigenvalue weighted by atomic mass is 10.0. The van der Waals surface area contributed by atoms with Crippen LogP contribution in [0.4, 0.5) is 4.79 Å². The second-order valence-corrected chi connectivity index (χ2v) is 11.0. The summed E-state index contributed by atoms with van der Waals surface area (Å²) in [5.41, 5.74) is 1.65. The molecule has 1 rings (SSSR count). The number of nitrogens with zero attached hydrogens (tertiary/aromatic N) is 1. The van der Waals surface area contributed by atoms with Gasteiger partial charge in [-0.05, 0) is 0 Å². The van der Waals surface area contributed by atoms with E-state index in [4.69, 9.17) is 9.47 Å². The number of hydrogen-bond donors (Lipinski definition) is 1. The predicted molar refractivity (Wildman–Crippen MR) is 84.7 cm³/mol. The van der Waals surface area contributed by atoms with E-state index in [1.807, 2.05) is 19.6 Å². The van der Waals surface area contributed by atoms with Gasteiger partial charge in [-0.1, -0.05) is 38.2 Å². The molecule has 1 N–H and O–H groups in total. The first-order chi connectivity index (χ1) is 10.1. The van der Waals surface area contributed by atoms with Crippen LogP contribution in [-0.2, 0) is 14.3 Å². The SMILES string of the molecule is C=CCOC(=O)N1CC(O)(C#C[Si](C)(C)C)CC1C(=O)OC. The van der Waals surface area contributed by atoms with Crippen LogP contribution in [0, 0.1) is 11.5 Å². The Labute approximate surface area is 132 Å². The summed E-state index contributed by atoms with van der Waals surface area (Å²) in [5.74, 6) is 2.24. The third-order valence-electron chi connectivity index (χ3n) is 3.04. The van der Waals surface area contributed by atoms with Crippen LogP contribution >= 0.6 is 0 Å². The van der Waals surface area contributed by atoms with Gasteiger partial charge in [0, 0.05) is 6.42 Å². The normalized spacial score (nSPS) is 24.2. The Morgan fingerprint density at radius 2 is 2.14 bits per heavy atom. The van der Waals surface area contributed by atoms with Crippen molar-refractivity contribution >= 4 is 20.1 Å². The average Bonchev–Trinajstić information content (AvgIpc) is 2.80. The number of hydrogen-bond acceptors (Lipinski definition) is 5. The number of methoxy groups -OCH3 is 1. The predicted octanol–water partition coefficient (Wildman–Crippen LogP) is 1.17. The standard InChI is InChI=1S/C15H23NO5Si/c1-6-8-21-14(18)16-11-15(19,7-9-22(3,4)5)10-12(16)13(17)20-2/h6,12,19H,1,8,10-11H2,2-5H3. The highest BCUT2D eigenvalue weighted by molar-refractivity contribution is 6.83. The third-order valence-corrected chi connectivity index (χ3v) is 3.92. The number of amides is 1. The van der Waals surface area contributed by atoms with Gasteiger partial charge in [-0.3, -0.25) is 4.90 Å². The lowest BCUT2D eigenvalue weighted by Crippen LogP contribution is -2.42. The van der Waals surface area contributed by atoms with E-state index >= 15 is 0 Å². The summed E-state index contributed by atoms with van der Waals surface area (Å²) >= 11 is 0. The zero-order valence-corrected chi connectivity index (χ0v) is 14.5.